The Balaban J connectivity index is 3.22. The molecule has 0 fully saturated rings. The summed E-state index contributed by atoms with van der Waals surface area (Å²) in [5.41, 5.74) is -1.45. The Labute approximate surface area is 103 Å². The van der Waals surface area contributed by atoms with E-state index in [2.05, 4.69) is 9.72 Å². The molecule has 0 spiro atoms. The highest BCUT2D eigenvalue weighted by atomic mass is 127. The second-order valence-corrected chi connectivity index (χ2v) is 4.00. The molecule has 1 aromatic rings. The average Bonchev–Trinajstić information content (AvgIpc) is 2.23. The number of hydrogen-bond acceptors (Lipinski definition) is 3. The van der Waals surface area contributed by atoms with E-state index in [-0.39, 0.29) is 12.0 Å². The van der Waals surface area contributed by atoms with Crippen LogP contribution in [-0.4, -0.2) is 18.1 Å². The number of aromatic amines is 1. The van der Waals surface area contributed by atoms with Crippen molar-refractivity contribution in [1.29, 1.82) is 0 Å². The van der Waals surface area contributed by atoms with Crippen molar-refractivity contribution in [2.24, 2.45) is 0 Å². The number of methoxy groups -OCH3 is 1. The molecular weight excluding hydrogens is 335 g/mol. The van der Waals surface area contributed by atoms with E-state index in [1.54, 1.807) is 22.6 Å². The van der Waals surface area contributed by atoms with Crippen LogP contribution in [0.5, 0.6) is 0 Å². The van der Waals surface area contributed by atoms with Gasteiger partial charge in [0, 0.05) is 11.8 Å². The van der Waals surface area contributed by atoms with Gasteiger partial charge in [0.2, 0.25) is 0 Å². The fraction of sp³-hybridized carbons (Fsp3) is 0.333. The summed E-state index contributed by atoms with van der Waals surface area (Å²) in [7, 11) is 1.17. The van der Waals surface area contributed by atoms with Crippen molar-refractivity contribution in [2.45, 2.75) is 12.8 Å². The molecule has 0 aromatic carbocycles. The van der Waals surface area contributed by atoms with Crippen LogP contribution in [-0.2, 0) is 16.0 Å². The van der Waals surface area contributed by atoms with Crippen molar-refractivity contribution in [3.8, 4) is 0 Å². The number of rotatable bonds is 3. The molecule has 16 heavy (non-hydrogen) atoms. The van der Waals surface area contributed by atoms with Crippen molar-refractivity contribution >= 4 is 28.6 Å². The third-order valence-corrected chi connectivity index (χ3v) is 2.90. The number of H-pyrrole nitrogens is 1. The van der Waals surface area contributed by atoms with Crippen molar-refractivity contribution in [2.75, 3.05) is 7.11 Å². The van der Waals surface area contributed by atoms with Gasteiger partial charge in [0.25, 0.3) is 6.43 Å². The van der Waals surface area contributed by atoms with Gasteiger partial charge in [-0.15, -0.1) is 0 Å². The van der Waals surface area contributed by atoms with E-state index < -0.39 is 23.4 Å². The molecule has 7 heteroatoms. The first kappa shape index (κ1) is 13.1. The van der Waals surface area contributed by atoms with Crippen molar-refractivity contribution in [3.63, 3.8) is 0 Å². The van der Waals surface area contributed by atoms with Gasteiger partial charge in [-0.3, -0.25) is 9.59 Å². The highest BCUT2D eigenvalue weighted by molar-refractivity contribution is 14.1. The lowest BCUT2D eigenvalue weighted by atomic mass is 10.1. The van der Waals surface area contributed by atoms with E-state index >= 15 is 0 Å². The Morgan fingerprint density at radius 2 is 2.25 bits per heavy atom. The van der Waals surface area contributed by atoms with E-state index in [1.807, 2.05) is 0 Å². The number of ether oxygens (including phenoxy) is 1. The summed E-state index contributed by atoms with van der Waals surface area (Å²) in [6.07, 6.45) is -2.22. The molecule has 0 unspecified atom stereocenters. The molecule has 1 aromatic heterocycles. The topological polar surface area (TPSA) is 59.2 Å². The Bertz CT molecular complexity index is 459. The quantitative estimate of drug-likeness (QED) is 0.516. The summed E-state index contributed by atoms with van der Waals surface area (Å²) < 4.78 is 29.6. The molecule has 88 valence electrons. The molecule has 1 rings (SSSR count). The number of halogens is 3. The maximum atomic E-state index is 12.4. The lowest BCUT2D eigenvalue weighted by Gasteiger charge is -2.05. The van der Waals surface area contributed by atoms with Crippen LogP contribution < -0.4 is 5.43 Å². The van der Waals surface area contributed by atoms with E-state index in [4.69, 9.17) is 0 Å². The van der Waals surface area contributed by atoms with Crippen LogP contribution in [0.1, 0.15) is 17.6 Å². The summed E-state index contributed by atoms with van der Waals surface area (Å²) in [5, 5.41) is 0. The minimum atomic E-state index is -2.86. The van der Waals surface area contributed by atoms with E-state index in [0.717, 1.165) is 6.20 Å². The molecule has 0 aliphatic carbocycles. The molecule has 0 aliphatic heterocycles. The minimum Gasteiger partial charge on any atom is -0.469 e. The van der Waals surface area contributed by atoms with Crippen LogP contribution in [0.25, 0.3) is 0 Å². The zero-order valence-electron chi connectivity index (χ0n) is 8.22. The molecule has 0 saturated heterocycles. The largest absolute Gasteiger partial charge is 0.469 e. The van der Waals surface area contributed by atoms with Crippen LogP contribution in [0.15, 0.2) is 11.0 Å². The Morgan fingerprint density at radius 3 is 2.75 bits per heavy atom. The van der Waals surface area contributed by atoms with Crippen molar-refractivity contribution in [1.82, 2.24) is 4.98 Å². The first-order valence-corrected chi connectivity index (χ1v) is 5.30. The lowest BCUT2D eigenvalue weighted by Crippen LogP contribution is -2.21. The van der Waals surface area contributed by atoms with Crippen molar-refractivity contribution in [3.05, 3.63) is 31.2 Å². The molecule has 0 radical (unpaired) electrons. The predicted molar refractivity (Wildman–Crippen MR) is 60.5 cm³/mol. The Morgan fingerprint density at radius 1 is 1.62 bits per heavy atom. The number of hydrogen-bond donors (Lipinski definition) is 1. The number of aromatic nitrogens is 1. The van der Waals surface area contributed by atoms with Crippen LogP contribution in [0.4, 0.5) is 8.78 Å². The number of carbonyl (C=O) groups is 1. The number of nitrogens with one attached hydrogen (secondary N) is 1. The summed E-state index contributed by atoms with van der Waals surface area (Å²) >= 11 is 1.77. The molecular formula is C9H8F2INO3. The zero-order chi connectivity index (χ0) is 12.3. The number of carbonyl (C=O) groups excluding carboxylic acids is 1. The van der Waals surface area contributed by atoms with E-state index in [1.165, 1.54) is 7.11 Å². The van der Waals surface area contributed by atoms with Gasteiger partial charge in [-0.1, -0.05) is 0 Å². The minimum absolute atomic E-state index is 0.00486. The van der Waals surface area contributed by atoms with Gasteiger partial charge < -0.3 is 9.72 Å². The fourth-order valence-electron chi connectivity index (χ4n) is 1.10. The lowest BCUT2D eigenvalue weighted by molar-refractivity contribution is -0.139. The van der Waals surface area contributed by atoms with Crippen LogP contribution in [0.2, 0.25) is 0 Å². The average molecular weight is 343 g/mol. The first-order chi connectivity index (χ1) is 7.47. The van der Waals surface area contributed by atoms with Gasteiger partial charge in [-0.25, -0.2) is 8.78 Å². The second-order valence-electron chi connectivity index (χ2n) is 2.92. The summed E-state index contributed by atoms with van der Waals surface area (Å²) in [5.74, 6) is -0.644. The van der Waals surface area contributed by atoms with Crippen LogP contribution in [0.3, 0.4) is 0 Å². The third-order valence-electron chi connectivity index (χ3n) is 1.94. The van der Waals surface area contributed by atoms with Gasteiger partial charge in [-0.05, 0) is 22.6 Å². The van der Waals surface area contributed by atoms with Gasteiger partial charge >= 0.3 is 5.97 Å². The first-order valence-electron chi connectivity index (χ1n) is 4.22. The second kappa shape index (κ2) is 5.37. The van der Waals surface area contributed by atoms with Crippen LogP contribution >= 0.6 is 22.6 Å². The Kier molecular flexibility index (Phi) is 4.39. The monoisotopic (exact) mass is 343 g/mol. The third kappa shape index (κ3) is 2.77. The predicted octanol–water partition coefficient (Wildman–Crippen LogP) is 1.63. The fourth-order valence-corrected chi connectivity index (χ4v) is 1.70. The molecule has 4 nitrogen and oxygen atoms in total. The number of alkyl halides is 2. The maximum absolute atomic E-state index is 12.4. The van der Waals surface area contributed by atoms with Gasteiger partial charge in [0.15, 0.2) is 5.43 Å². The normalized spacial score (nSPS) is 10.6. The van der Waals surface area contributed by atoms with Crippen LogP contribution in [0, 0.1) is 3.70 Å². The van der Waals surface area contributed by atoms with E-state index in [9.17, 15) is 18.4 Å². The summed E-state index contributed by atoms with van der Waals surface area (Å²) in [6, 6.07) is 0. The van der Waals surface area contributed by atoms with Gasteiger partial charge in [0.1, 0.15) is 0 Å². The summed E-state index contributed by atoms with van der Waals surface area (Å²) in [6.45, 7) is 0. The molecule has 0 saturated carbocycles. The smallest absolute Gasteiger partial charge is 0.310 e. The molecule has 1 N–H and O–H groups in total. The molecule has 0 bridgehead atoms. The van der Waals surface area contributed by atoms with Gasteiger partial charge in [0.05, 0.1) is 22.8 Å². The molecule has 0 amide bonds. The standard InChI is InChI=1S/C9H8F2INO3/c1-16-6(14)2-4-7(15)5(8(10)11)3-13-9(4)12/h3,8H,2H2,1H3,(H,13,15). The zero-order valence-corrected chi connectivity index (χ0v) is 10.4. The number of pyridine rings is 1. The molecule has 0 aliphatic rings. The molecule has 0 atom stereocenters. The highest BCUT2D eigenvalue weighted by Crippen LogP contribution is 2.16. The van der Waals surface area contributed by atoms with Crippen molar-refractivity contribution < 1.29 is 18.3 Å². The summed E-state index contributed by atoms with van der Waals surface area (Å²) in [4.78, 5) is 25.1. The Hall–Kier alpha value is -0.990. The van der Waals surface area contributed by atoms with E-state index in [0.29, 0.717) is 3.70 Å². The SMILES string of the molecule is COC(=O)Cc1c(I)[nH]cc(C(F)F)c1=O. The van der Waals surface area contributed by atoms with Gasteiger partial charge in [-0.2, -0.15) is 0 Å². The highest BCUT2D eigenvalue weighted by Gasteiger charge is 2.18. The number of esters is 1. The molecule has 1 heterocycles. The maximum Gasteiger partial charge on any atom is 0.310 e.